The number of benzene rings is 1. The molecule has 8 nitrogen and oxygen atoms in total. The van der Waals surface area contributed by atoms with Crippen molar-refractivity contribution in [3.63, 3.8) is 0 Å². The molecule has 0 radical (unpaired) electrons. The van der Waals surface area contributed by atoms with E-state index in [0.717, 1.165) is 38.0 Å². The summed E-state index contributed by atoms with van der Waals surface area (Å²) in [5, 5.41) is 0. The lowest BCUT2D eigenvalue weighted by atomic mass is 10.3. The zero-order valence-corrected chi connectivity index (χ0v) is 21.6. The minimum Gasteiger partial charge on any atom is -0.427 e. The number of hydrogen-bond donors (Lipinski definition) is 1. The Morgan fingerprint density at radius 3 is 2.16 bits per heavy atom. The van der Waals surface area contributed by atoms with E-state index in [9.17, 15) is 18.8 Å². The Morgan fingerprint density at radius 1 is 1.05 bits per heavy atom. The highest BCUT2D eigenvalue weighted by molar-refractivity contribution is 5.71. The molecule has 0 atom stereocenters. The van der Waals surface area contributed by atoms with Crippen molar-refractivity contribution in [3.05, 3.63) is 56.7 Å². The van der Waals surface area contributed by atoms with Crippen LogP contribution in [0, 0.1) is 23.6 Å². The number of halogens is 1. The van der Waals surface area contributed by atoms with Crippen molar-refractivity contribution in [2.24, 2.45) is 5.92 Å². The number of nitrogens with zero attached hydrogens (tertiary/aromatic N) is 3. The van der Waals surface area contributed by atoms with Crippen molar-refractivity contribution >= 4 is 17.1 Å². The lowest BCUT2D eigenvalue weighted by Gasteiger charge is -2.09. The fourth-order valence-electron chi connectivity index (χ4n) is 3.84. The highest BCUT2D eigenvalue weighted by Gasteiger charge is 2.34. The van der Waals surface area contributed by atoms with E-state index >= 15 is 0 Å². The second-order valence-electron chi connectivity index (χ2n) is 9.63. The van der Waals surface area contributed by atoms with Crippen LogP contribution in [0.2, 0.25) is 0 Å². The van der Waals surface area contributed by atoms with Crippen molar-refractivity contribution in [3.8, 4) is 17.6 Å². The Bertz CT molecular complexity index is 1430. The topological polar surface area (TPSA) is 99.0 Å². The zero-order chi connectivity index (χ0) is 26.5. The third kappa shape index (κ3) is 6.97. The normalized spacial score (nSPS) is 16.0. The minimum absolute atomic E-state index is 0.0628. The van der Waals surface area contributed by atoms with Gasteiger partial charge in [0.05, 0.1) is 0 Å². The van der Waals surface area contributed by atoms with Crippen LogP contribution in [-0.2, 0) is 4.79 Å². The van der Waals surface area contributed by atoms with E-state index in [4.69, 9.17) is 0 Å². The van der Waals surface area contributed by atoms with Gasteiger partial charge in [-0.15, -0.1) is 0 Å². The van der Waals surface area contributed by atoms with Crippen LogP contribution < -0.4 is 16.0 Å². The molecule has 1 aromatic carbocycles. The Morgan fingerprint density at radius 2 is 1.68 bits per heavy atom. The van der Waals surface area contributed by atoms with Gasteiger partial charge < -0.3 is 9.72 Å². The van der Waals surface area contributed by atoms with Crippen LogP contribution in [0.4, 0.5) is 4.39 Å². The second kappa shape index (κ2) is 11.6. The van der Waals surface area contributed by atoms with Gasteiger partial charge in [0, 0.05) is 25.4 Å². The predicted molar refractivity (Wildman–Crippen MR) is 139 cm³/mol. The maximum absolute atomic E-state index is 12.6. The zero-order valence-electron chi connectivity index (χ0n) is 21.6. The molecule has 3 aromatic rings. The Labute approximate surface area is 214 Å². The van der Waals surface area contributed by atoms with Crippen molar-refractivity contribution in [2.45, 2.75) is 84.2 Å². The molecule has 37 heavy (non-hydrogen) atoms. The summed E-state index contributed by atoms with van der Waals surface area (Å²) < 4.78 is 20.0. The summed E-state index contributed by atoms with van der Waals surface area (Å²) in [5.41, 5.74) is 0.407. The molecule has 0 unspecified atom stereocenters. The smallest absolute Gasteiger partial charge is 0.333 e. The Hall–Kier alpha value is -3.67. The molecule has 9 heteroatoms. The van der Waals surface area contributed by atoms with Gasteiger partial charge in [-0.3, -0.25) is 18.7 Å². The molecular weight excluding hydrogens is 475 g/mol. The quantitative estimate of drug-likeness (QED) is 0.308. The Kier molecular flexibility index (Phi) is 8.27. The van der Waals surface area contributed by atoms with Gasteiger partial charge in [0.15, 0.2) is 17.0 Å². The number of carbonyl (C=O) groups is 1. The van der Waals surface area contributed by atoms with Gasteiger partial charge in [-0.2, -0.15) is 0 Å². The van der Waals surface area contributed by atoms with Crippen LogP contribution in [0.3, 0.4) is 0 Å². The molecule has 6 rings (SSSR count). The molecule has 3 saturated carbocycles. The van der Waals surface area contributed by atoms with Gasteiger partial charge in [-0.25, -0.2) is 14.2 Å². The average Bonchev–Trinajstić information content (AvgIpc) is 3.72. The fraction of sp³-hybridized carbons (Fsp3) is 0.500. The first-order valence-electron chi connectivity index (χ1n) is 13.0. The molecule has 3 aliphatic rings. The molecule has 1 N–H and O–H groups in total. The van der Waals surface area contributed by atoms with Crippen LogP contribution in [0.25, 0.3) is 11.2 Å². The average molecular weight is 509 g/mol. The summed E-state index contributed by atoms with van der Waals surface area (Å²) in [7, 11) is 0. The molecule has 0 aliphatic heterocycles. The van der Waals surface area contributed by atoms with Gasteiger partial charge in [-0.1, -0.05) is 39.0 Å². The number of hydrogen-bond acceptors (Lipinski definition) is 5. The van der Waals surface area contributed by atoms with E-state index in [1.807, 2.05) is 6.92 Å². The number of H-pyrrole nitrogens is 1. The molecule has 0 bridgehead atoms. The van der Waals surface area contributed by atoms with E-state index in [-0.39, 0.29) is 29.1 Å². The van der Waals surface area contributed by atoms with Crippen molar-refractivity contribution in [1.29, 1.82) is 0 Å². The number of imidazole rings is 1. The molecule has 2 aromatic heterocycles. The maximum Gasteiger partial charge on any atom is 0.333 e. The maximum atomic E-state index is 12.6. The van der Waals surface area contributed by atoms with E-state index < -0.39 is 5.97 Å². The van der Waals surface area contributed by atoms with E-state index in [2.05, 4.69) is 33.5 Å². The number of aromatic amines is 1. The fourth-order valence-corrected chi connectivity index (χ4v) is 3.84. The van der Waals surface area contributed by atoms with Gasteiger partial charge in [0.25, 0.3) is 5.56 Å². The van der Waals surface area contributed by atoms with Crippen molar-refractivity contribution in [1.82, 2.24) is 19.1 Å². The molecule has 3 aliphatic carbocycles. The summed E-state index contributed by atoms with van der Waals surface area (Å²) in [6.45, 7) is 5.51. The van der Waals surface area contributed by atoms with Crippen LogP contribution >= 0.6 is 0 Å². The molecule has 0 spiro atoms. The van der Waals surface area contributed by atoms with Gasteiger partial charge in [0.1, 0.15) is 11.6 Å². The number of fused-ring (bicyclic) bond motifs is 1. The SMILES string of the molecule is CC(=O)Oc1ccc(F)cc1.CCC#Cc1nc2c([nH]1)c(=O)n(C1CC1)c(=O)n2C1CC1.CCC1CC1. The molecule has 3 fully saturated rings. The van der Waals surface area contributed by atoms with Crippen molar-refractivity contribution in [2.75, 3.05) is 0 Å². The summed E-state index contributed by atoms with van der Waals surface area (Å²) in [6, 6.07) is 5.51. The molecule has 0 saturated heterocycles. The number of esters is 1. The standard InChI is InChI=1S/C15H16N4O2.C8H7FO2.C5H10/c1-2-3-4-11-16-12-13(17-11)18(9-5-6-9)15(21)19(14(12)20)10-7-8-10;1-6(10)11-8-4-2-7(9)3-5-8;1-2-5-3-4-5/h9-10H,2,5-8H2,1H3,(H,16,17);2-5H,1H3;5H,2-4H2,1H3. The summed E-state index contributed by atoms with van der Waals surface area (Å²) in [6.07, 6.45) is 8.91. The number of ether oxygens (including phenoxy) is 1. The largest absolute Gasteiger partial charge is 0.427 e. The highest BCUT2D eigenvalue weighted by atomic mass is 19.1. The molecule has 0 amide bonds. The van der Waals surface area contributed by atoms with Crippen LogP contribution in [-0.4, -0.2) is 25.1 Å². The number of nitrogens with one attached hydrogen (secondary N) is 1. The van der Waals surface area contributed by atoms with E-state index in [1.165, 1.54) is 55.0 Å². The van der Waals surface area contributed by atoms with Crippen molar-refractivity contribution < 1.29 is 13.9 Å². The first-order valence-corrected chi connectivity index (χ1v) is 13.0. The second-order valence-corrected chi connectivity index (χ2v) is 9.63. The lowest BCUT2D eigenvalue weighted by molar-refractivity contribution is -0.131. The Balaban J connectivity index is 0.000000166. The molecule has 2 heterocycles. The first-order chi connectivity index (χ1) is 17.8. The first kappa shape index (κ1) is 26.4. The monoisotopic (exact) mass is 508 g/mol. The van der Waals surface area contributed by atoms with Crippen LogP contribution in [0.1, 0.15) is 90.0 Å². The summed E-state index contributed by atoms with van der Waals surface area (Å²) in [4.78, 5) is 42.9. The third-order valence-corrected chi connectivity index (χ3v) is 6.31. The minimum atomic E-state index is -0.406. The summed E-state index contributed by atoms with van der Waals surface area (Å²) in [5.74, 6) is 7.04. The number of aromatic nitrogens is 4. The van der Waals surface area contributed by atoms with Crippen LogP contribution in [0.15, 0.2) is 33.9 Å². The number of carbonyl (C=O) groups excluding carboxylic acids is 1. The lowest BCUT2D eigenvalue weighted by Crippen LogP contribution is -2.39. The molecule has 196 valence electrons. The van der Waals surface area contributed by atoms with Crippen LogP contribution in [0.5, 0.6) is 5.75 Å². The predicted octanol–water partition coefficient (Wildman–Crippen LogP) is 4.88. The van der Waals surface area contributed by atoms with Gasteiger partial charge in [0.2, 0.25) is 0 Å². The van der Waals surface area contributed by atoms with E-state index in [0.29, 0.717) is 22.7 Å². The van der Waals surface area contributed by atoms with Gasteiger partial charge >= 0.3 is 11.7 Å². The third-order valence-electron chi connectivity index (χ3n) is 6.31. The van der Waals surface area contributed by atoms with E-state index in [1.54, 1.807) is 4.57 Å². The molecular formula is C28H33FN4O4. The number of rotatable bonds is 4. The highest BCUT2D eigenvalue weighted by Crippen LogP contribution is 2.36. The summed E-state index contributed by atoms with van der Waals surface area (Å²) >= 11 is 0. The van der Waals surface area contributed by atoms with Gasteiger partial charge in [-0.05, 0) is 61.8 Å².